The normalized spacial score (nSPS) is 46.0. The molecule has 4 aliphatic carbocycles. The van der Waals surface area contributed by atoms with Gasteiger partial charge in [-0.05, 0) is 72.5 Å². The van der Waals surface area contributed by atoms with Crippen LogP contribution in [0.1, 0.15) is 93.4 Å². The van der Waals surface area contributed by atoms with E-state index < -0.39 is 23.6 Å². The quantitative estimate of drug-likeness (QED) is 0.403. The monoisotopic (exact) mass is 458 g/mol. The van der Waals surface area contributed by atoms with Crippen molar-refractivity contribution in [2.24, 2.45) is 39.4 Å². The Bertz CT molecular complexity index is 874. The molecule has 33 heavy (non-hydrogen) atoms. The molecular formula is C28H42O5. The maximum absolute atomic E-state index is 12.3. The Morgan fingerprint density at radius 2 is 1.55 bits per heavy atom. The van der Waals surface area contributed by atoms with Gasteiger partial charge in [-0.1, -0.05) is 47.1 Å². The van der Waals surface area contributed by atoms with Crippen molar-refractivity contribution < 1.29 is 23.9 Å². The van der Waals surface area contributed by atoms with Crippen LogP contribution in [0.5, 0.6) is 0 Å². The average molecular weight is 459 g/mol. The van der Waals surface area contributed by atoms with Crippen LogP contribution in [-0.4, -0.2) is 30.4 Å². The maximum Gasteiger partial charge on any atom is 0.303 e. The summed E-state index contributed by atoms with van der Waals surface area (Å²) in [6.07, 6.45) is 9.24. The zero-order chi connectivity index (χ0) is 24.4. The van der Waals surface area contributed by atoms with Gasteiger partial charge in [0.2, 0.25) is 0 Å². The predicted molar refractivity (Wildman–Crippen MR) is 126 cm³/mol. The Labute approximate surface area is 199 Å². The summed E-state index contributed by atoms with van der Waals surface area (Å²) in [5.41, 5.74) is 0.375. The summed E-state index contributed by atoms with van der Waals surface area (Å²) < 4.78 is 11.9. The van der Waals surface area contributed by atoms with E-state index in [2.05, 4.69) is 34.6 Å². The summed E-state index contributed by atoms with van der Waals surface area (Å²) in [6.45, 7) is 14.7. The smallest absolute Gasteiger partial charge is 0.303 e. The van der Waals surface area contributed by atoms with Gasteiger partial charge in [-0.15, -0.1) is 0 Å². The molecular weight excluding hydrogens is 416 g/mol. The first-order valence-corrected chi connectivity index (χ1v) is 12.8. The van der Waals surface area contributed by atoms with Gasteiger partial charge in [0.25, 0.3) is 0 Å². The molecule has 3 fully saturated rings. The largest absolute Gasteiger partial charge is 0.462 e. The average Bonchev–Trinajstić information content (AvgIpc) is 2.69. The molecule has 0 aromatic heterocycles. The first-order valence-electron chi connectivity index (χ1n) is 12.8. The fourth-order valence-corrected chi connectivity index (χ4v) is 9.49. The number of rotatable bonds is 3. The van der Waals surface area contributed by atoms with E-state index >= 15 is 0 Å². The molecule has 8 atom stereocenters. The van der Waals surface area contributed by atoms with E-state index in [9.17, 15) is 14.4 Å². The molecule has 4 aliphatic rings. The molecule has 0 heterocycles. The lowest BCUT2D eigenvalue weighted by molar-refractivity contribution is -0.250. The SMILES string of the molecule is CC(=O)O[C@@H]1C[C@H]2[C@@]3(C)CCCC(C)(C)[C@@H]3CC[C@@]2(C)[C@@H]2CC=C(C=O)[C@H](OC(C)=O)[C@@]12C. The van der Waals surface area contributed by atoms with E-state index in [1.807, 2.05) is 6.08 Å². The maximum atomic E-state index is 12.3. The summed E-state index contributed by atoms with van der Waals surface area (Å²) in [6, 6.07) is 0. The molecule has 0 amide bonds. The molecule has 184 valence electrons. The molecule has 0 aromatic carbocycles. The summed E-state index contributed by atoms with van der Waals surface area (Å²) in [5.74, 6) is 0.494. The van der Waals surface area contributed by atoms with Crippen molar-refractivity contribution in [1.29, 1.82) is 0 Å². The Kier molecular flexibility index (Phi) is 5.90. The van der Waals surface area contributed by atoms with Crippen LogP contribution < -0.4 is 0 Å². The summed E-state index contributed by atoms with van der Waals surface area (Å²) in [7, 11) is 0. The zero-order valence-electron chi connectivity index (χ0n) is 21.5. The fourth-order valence-electron chi connectivity index (χ4n) is 9.49. The van der Waals surface area contributed by atoms with Crippen LogP contribution in [0.4, 0.5) is 0 Å². The standard InChI is InChI=1S/C28H42O5/c1-17(30)32-23-15-22-26(5)13-8-12-25(3,4)20(26)11-14-27(22,6)21-10-9-19(16-29)24(28(21,23)7)33-18(2)31/h9,16,20-24H,8,10-15H2,1-7H3/t20-,21-,22-,23+,24-,26-,27-,28+/m0/s1. The topological polar surface area (TPSA) is 69.7 Å². The fraction of sp³-hybridized carbons (Fsp3) is 0.821. The molecule has 4 rings (SSSR count). The van der Waals surface area contributed by atoms with E-state index in [-0.39, 0.29) is 22.7 Å². The number of carbonyl (C=O) groups excluding carboxylic acids is 3. The number of aldehydes is 1. The van der Waals surface area contributed by atoms with Crippen molar-refractivity contribution in [1.82, 2.24) is 0 Å². The number of ether oxygens (including phenoxy) is 2. The molecule has 0 radical (unpaired) electrons. The van der Waals surface area contributed by atoms with Gasteiger partial charge >= 0.3 is 11.9 Å². The van der Waals surface area contributed by atoms with E-state index in [1.165, 1.54) is 39.5 Å². The highest BCUT2D eigenvalue weighted by Gasteiger charge is 2.69. The van der Waals surface area contributed by atoms with Crippen LogP contribution in [0.25, 0.3) is 0 Å². The molecule has 0 N–H and O–H groups in total. The van der Waals surface area contributed by atoms with Gasteiger partial charge in [0.15, 0.2) is 0 Å². The van der Waals surface area contributed by atoms with Crippen LogP contribution in [0.15, 0.2) is 11.6 Å². The number of carbonyl (C=O) groups is 3. The second kappa shape index (κ2) is 7.95. The number of esters is 2. The van der Waals surface area contributed by atoms with Crippen molar-refractivity contribution in [3.05, 3.63) is 11.6 Å². The highest BCUT2D eigenvalue weighted by atomic mass is 16.6. The minimum atomic E-state index is -0.693. The second-order valence-electron chi connectivity index (χ2n) is 12.8. The van der Waals surface area contributed by atoms with E-state index in [0.717, 1.165) is 25.5 Å². The number of allylic oxidation sites excluding steroid dienone is 1. The third-order valence-corrected chi connectivity index (χ3v) is 10.7. The molecule has 0 unspecified atom stereocenters. The minimum absolute atomic E-state index is 0.0212. The van der Waals surface area contributed by atoms with Gasteiger partial charge in [-0.2, -0.15) is 0 Å². The molecule has 0 aliphatic heterocycles. The zero-order valence-corrected chi connectivity index (χ0v) is 21.5. The van der Waals surface area contributed by atoms with Gasteiger partial charge < -0.3 is 9.47 Å². The van der Waals surface area contributed by atoms with Crippen molar-refractivity contribution in [3.63, 3.8) is 0 Å². The highest BCUT2D eigenvalue weighted by Crippen LogP contribution is 2.72. The van der Waals surface area contributed by atoms with Crippen LogP contribution >= 0.6 is 0 Å². The number of hydrogen-bond acceptors (Lipinski definition) is 5. The Morgan fingerprint density at radius 3 is 2.15 bits per heavy atom. The predicted octanol–water partition coefficient (Wildman–Crippen LogP) is 5.65. The number of fused-ring (bicyclic) bond motifs is 5. The first kappa shape index (κ1) is 24.5. The van der Waals surface area contributed by atoms with Gasteiger partial charge in [0.05, 0.1) is 0 Å². The van der Waals surface area contributed by atoms with Crippen LogP contribution in [-0.2, 0) is 23.9 Å². The van der Waals surface area contributed by atoms with Crippen LogP contribution in [0.3, 0.4) is 0 Å². The van der Waals surface area contributed by atoms with E-state index in [4.69, 9.17) is 9.47 Å². The van der Waals surface area contributed by atoms with Crippen molar-refractivity contribution in [3.8, 4) is 0 Å². The Morgan fingerprint density at radius 1 is 0.909 bits per heavy atom. The van der Waals surface area contributed by atoms with E-state index in [1.54, 1.807) is 0 Å². The first-order chi connectivity index (χ1) is 15.3. The van der Waals surface area contributed by atoms with Gasteiger partial charge in [-0.25, -0.2) is 0 Å². The van der Waals surface area contributed by atoms with Crippen LogP contribution in [0.2, 0.25) is 0 Å². The summed E-state index contributed by atoms with van der Waals surface area (Å²) in [4.78, 5) is 36.4. The summed E-state index contributed by atoms with van der Waals surface area (Å²) >= 11 is 0. The highest BCUT2D eigenvalue weighted by molar-refractivity contribution is 5.77. The van der Waals surface area contributed by atoms with Gasteiger partial charge in [-0.3, -0.25) is 14.4 Å². The third-order valence-electron chi connectivity index (χ3n) is 10.7. The van der Waals surface area contributed by atoms with Crippen molar-refractivity contribution >= 4 is 18.2 Å². The molecule has 3 saturated carbocycles. The molecule has 0 bridgehead atoms. The minimum Gasteiger partial charge on any atom is -0.462 e. The Balaban J connectivity index is 1.85. The molecule has 5 nitrogen and oxygen atoms in total. The lowest BCUT2D eigenvalue weighted by Crippen LogP contribution is -2.68. The van der Waals surface area contributed by atoms with E-state index in [0.29, 0.717) is 22.8 Å². The molecule has 0 saturated heterocycles. The van der Waals surface area contributed by atoms with Gasteiger partial charge in [0.1, 0.15) is 18.5 Å². The Hall–Kier alpha value is -1.65. The van der Waals surface area contributed by atoms with Crippen LogP contribution in [0, 0.1) is 39.4 Å². The lowest BCUT2D eigenvalue weighted by Gasteiger charge is -2.70. The molecule has 0 spiro atoms. The lowest BCUT2D eigenvalue weighted by atomic mass is 9.35. The second-order valence-corrected chi connectivity index (χ2v) is 12.8. The number of hydrogen-bond donors (Lipinski definition) is 0. The summed E-state index contributed by atoms with van der Waals surface area (Å²) in [5, 5.41) is 0. The third kappa shape index (κ3) is 3.51. The molecule has 5 heteroatoms. The van der Waals surface area contributed by atoms with Crippen molar-refractivity contribution in [2.45, 2.75) is 106 Å². The van der Waals surface area contributed by atoms with Crippen molar-refractivity contribution in [2.75, 3.05) is 0 Å². The molecule has 0 aromatic rings. The van der Waals surface area contributed by atoms with Gasteiger partial charge in [0, 0.05) is 24.8 Å².